The molecule has 0 aliphatic carbocycles. The number of nitrogens with one attached hydrogen (secondary N) is 1. The Balaban J connectivity index is 2.10. The molecule has 0 aliphatic heterocycles. The molecule has 2 aromatic rings. The minimum atomic E-state index is 0.806. The van der Waals surface area contributed by atoms with Gasteiger partial charge in [0, 0.05) is 30.8 Å². The Morgan fingerprint density at radius 3 is 3.06 bits per heavy atom. The lowest BCUT2D eigenvalue weighted by Crippen LogP contribution is -2.05. The number of hydrogen-bond acceptors (Lipinski definition) is 2. The maximum Gasteiger partial charge on any atom is 0.177 e. The molecule has 0 spiro atoms. The van der Waals surface area contributed by atoms with Crippen molar-refractivity contribution in [2.24, 2.45) is 0 Å². The molecular formula is C12H15N3S. The van der Waals surface area contributed by atoms with Crippen molar-refractivity contribution in [2.75, 3.05) is 0 Å². The van der Waals surface area contributed by atoms with Gasteiger partial charge in [0.15, 0.2) is 4.77 Å². The molecule has 0 bridgehead atoms. The number of nitrogens with zero attached hydrogens (tertiary/aromatic N) is 2. The van der Waals surface area contributed by atoms with Gasteiger partial charge in [-0.05, 0) is 36.7 Å². The number of rotatable bonds is 4. The molecule has 2 aromatic heterocycles. The molecule has 0 radical (unpaired) electrons. The van der Waals surface area contributed by atoms with Crippen LogP contribution < -0.4 is 0 Å². The van der Waals surface area contributed by atoms with Crippen molar-refractivity contribution in [1.82, 2.24) is 14.5 Å². The van der Waals surface area contributed by atoms with Crippen LogP contribution in [0.25, 0.3) is 0 Å². The highest BCUT2D eigenvalue weighted by molar-refractivity contribution is 7.71. The van der Waals surface area contributed by atoms with Gasteiger partial charge in [0.2, 0.25) is 0 Å². The predicted octanol–water partition coefficient (Wildman–Crippen LogP) is 2.75. The second-order valence-electron chi connectivity index (χ2n) is 3.70. The van der Waals surface area contributed by atoms with Crippen LogP contribution in [0.1, 0.15) is 18.2 Å². The Morgan fingerprint density at radius 1 is 1.50 bits per heavy atom. The van der Waals surface area contributed by atoms with Crippen molar-refractivity contribution in [3.63, 3.8) is 0 Å². The van der Waals surface area contributed by atoms with E-state index in [-0.39, 0.29) is 0 Å². The third-order valence-corrected chi connectivity index (χ3v) is 3.00. The summed E-state index contributed by atoms with van der Waals surface area (Å²) in [5.74, 6) is 0. The van der Waals surface area contributed by atoms with E-state index in [9.17, 15) is 0 Å². The summed E-state index contributed by atoms with van der Waals surface area (Å²) >= 11 is 5.25. The fraction of sp³-hybridized carbons (Fsp3) is 0.333. The molecule has 2 rings (SSSR count). The van der Waals surface area contributed by atoms with Gasteiger partial charge in [-0.25, -0.2) is 0 Å². The number of pyridine rings is 1. The minimum Gasteiger partial charge on any atom is -0.337 e. The zero-order valence-electron chi connectivity index (χ0n) is 9.31. The smallest absolute Gasteiger partial charge is 0.177 e. The highest BCUT2D eigenvalue weighted by atomic mass is 32.1. The molecule has 0 fully saturated rings. The molecule has 0 amide bonds. The molecule has 0 saturated carbocycles. The number of aromatic amines is 1. The Morgan fingerprint density at radius 2 is 2.38 bits per heavy atom. The number of H-pyrrole nitrogens is 1. The lowest BCUT2D eigenvalue weighted by molar-refractivity contribution is 0.655. The minimum absolute atomic E-state index is 0.806. The lowest BCUT2D eigenvalue weighted by atomic mass is 10.2. The van der Waals surface area contributed by atoms with Crippen LogP contribution in [0.5, 0.6) is 0 Å². The SMILES string of the molecule is CCc1c[nH]c(=S)n1CCc1cccnc1. The normalized spacial score (nSPS) is 10.6. The highest BCUT2D eigenvalue weighted by Gasteiger charge is 2.01. The van der Waals surface area contributed by atoms with Crippen LogP contribution in [0, 0.1) is 4.77 Å². The molecule has 0 aliphatic rings. The first kappa shape index (κ1) is 11.1. The number of imidazole rings is 1. The summed E-state index contributed by atoms with van der Waals surface area (Å²) in [5, 5.41) is 0. The van der Waals surface area contributed by atoms with E-state index in [0.717, 1.165) is 24.2 Å². The summed E-state index contributed by atoms with van der Waals surface area (Å²) in [7, 11) is 0. The van der Waals surface area contributed by atoms with Gasteiger partial charge < -0.3 is 9.55 Å². The first-order valence-electron chi connectivity index (χ1n) is 5.47. The quantitative estimate of drug-likeness (QED) is 0.824. The second-order valence-corrected chi connectivity index (χ2v) is 4.09. The van der Waals surface area contributed by atoms with Crippen molar-refractivity contribution >= 4 is 12.2 Å². The number of aryl methyl sites for hydroxylation is 2. The van der Waals surface area contributed by atoms with Crippen LogP contribution in [0.3, 0.4) is 0 Å². The molecule has 0 atom stereocenters. The van der Waals surface area contributed by atoms with E-state index in [1.165, 1.54) is 11.3 Å². The maximum atomic E-state index is 5.25. The molecule has 4 heteroatoms. The summed E-state index contributed by atoms with van der Waals surface area (Å²) in [6, 6.07) is 4.06. The molecule has 3 nitrogen and oxygen atoms in total. The van der Waals surface area contributed by atoms with Gasteiger partial charge in [0.25, 0.3) is 0 Å². The van der Waals surface area contributed by atoms with Gasteiger partial charge in [-0.1, -0.05) is 13.0 Å². The molecule has 84 valence electrons. The van der Waals surface area contributed by atoms with Gasteiger partial charge in [0.1, 0.15) is 0 Å². The first-order valence-corrected chi connectivity index (χ1v) is 5.88. The summed E-state index contributed by atoms with van der Waals surface area (Å²) in [4.78, 5) is 7.19. The van der Waals surface area contributed by atoms with E-state index in [0.29, 0.717) is 0 Å². The van der Waals surface area contributed by atoms with Gasteiger partial charge in [0.05, 0.1) is 0 Å². The van der Waals surface area contributed by atoms with Crippen LogP contribution in [0.15, 0.2) is 30.7 Å². The van der Waals surface area contributed by atoms with Crippen LogP contribution in [0.4, 0.5) is 0 Å². The Kier molecular flexibility index (Phi) is 3.51. The summed E-state index contributed by atoms with van der Waals surface area (Å²) in [6.45, 7) is 3.05. The third-order valence-electron chi connectivity index (χ3n) is 2.66. The standard InChI is InChI=1S/C12H15N3S/c1-2-11-9-14-12(16)15(11)7-5-10-4-3-6-13-8-10/h3-4,6,8-9H,2,5,7H2,1H3,(H,14,16). The monoisotopic (exact) mass is 233 g/mol. The fourth-order valence-electron chi connectivity index (χ4n) is 1.76. The van der Waals surface area contributed by atoms with E-state index >= 15 is 0 Å². The number of aromatic nitrogens is 3. The molecule has 0 unspecified atom stereocenters. The Hall–Kier alpha value is -1.42. The average Bonchev–Trinajstić information content (AvgIpc) is 2.69. The van der Waals surface area contributed by atoms with Gasteiger partial charge in [-0.2, -0.15) is 0 Å². The van der Waals surface area contributed by atoms with Crippen molar-refractivity contribution < 1.29 is 0 Å². The molecule has 0 saturated heterocycles. The van der Waals surface area contributed by atoms with Crippen LogP contribution in [-0.2, 0) is 19.4 Å². The molecule has 1 N–H and O–H groups in total. The maximum absolute atomic E-state index is 5.25. The zero-order chi connectivity index (χ0) is 11.4. The first-order chi connectivity index (χ1) is 7.81. The largest absolute Gasteiger partial charge is 0.337 e. The van der Waals surface area contributed by atoms with Crippen LogP contribution in [-0.4, -0.2) is 14.5 Å². The van der Waals surface area contributed by atoms with Crippen LogP contribution in [0.2, 0.25) is 0 Å². The summed E-state index contributed by atoms with van der Waals surface area (Å²) in [5.41, 5.74) is 2.50. The lowest BCUT2D eigenvalue weighted by Gasteiger charge is -2.06. The van der Waals surface area contributed by atoms with Crippen molar-refractivity contribution in [3.8, 4) is 0 Å². The highest BCUT2D eigenvalue weighted by Crippen LogP contribution is 2.06. The van der Waals surface area contributed by atoms with E-state index in [1.54, 1.807) is 6.20 Å². The Bertz CT molecular complexity index is 498. The molecular weight excluding hydrogens is 218 g/mol. The molecule has 2 heterocycles. The van der Waals surface area contributed by atoms with E-state index in [2.05, 4.69) is 27.5 Å². The average molecular weight is 233 g/mol. The van der Waals surface area contributed by atoms with Crippen LogP contribution >= 0.6 is 12.2 Å². The van der Waals surface area contributed by atoms with Crippen molar-refractivity contribution in [1.29, 1.82) is 0 Å². The zero-order valence-corrected chi connectivity index (χ0v) is 10.1. The predicted molar refractivity (Wildman–Crippen MR) is 66.9 cm³/mol. The molecule has 0 aromatic carbocycles. The van der Waals surface area contributed by atoms with Crippen molar-refractivity contribution in [3.05, 3.63) is 46.8 Å². The van der Waals surface area contributed by atoms with Gasteiger partial charge in [-0.3, -0.25) is 4.98 Å². The van der Waals surface area contributed by atoms with E-state index < -0.39 is 0 Å². The Labute approximate surface area is 100 Å². The molecule has 16 heavy (non-hydrogen) atoms. The van der Waals surface area contributed by atoms with Gasteiger partial charge in [-0.15, -0.1) is 0 Å². The van der Waals surface area contributed by atoms with E-state index in [1.807, 2.05) is 18.5 Å². The summed E-state index contributed by atoms with van der Waals surface area (Å²) < 4.78 is 2.96. The fourth-order valence-corrected chi connectivity index (χ4v) is 2.02. The second kappa shape index (κ2) is 5.07. The topological polar surface area (TPSA) is 33.6 Å². The van der Waals surface area contributed by atoms with Crippen molar-refractivity contribution in [2.45, 2.75) is 26.3 Å². The third kappa shape index (κ3) is 2.39. The summed E-state index contributed by atoms with van der Waals surface area (Å²) in [6.07, 6.45) is 7.66. The van der Waals surface area contributed by atoms with Gasteiger partial charge >= 0.3 is 0 Å². The number of hydrogen-bond donors (Lipinski definition) is 1. The van der Waals surface area contributed by atoms with E-state index in [4.69, 9.17) is 12.2 Å².